The zero-order valence-electron chi connectivity index (χ0n) is 17.4. The molecule has 0 atom stereocenters. The Labute approximate surface area is 177 Å². The van der Waals surface area contributed by atoms with E-state index in [0.29, 0.717) is 30.3 Å². The number of hydrogen-bond donors (Lipinski definition) is 1. The number of carbonyl (C=O) groups is 2. The molecule has 1 saturated heterocycles. The summed E-state index contributed by atoms with van der Waals surface area (Å²) >= 11 is 0. The minimum absolute atomic E-state index is 0.0449. The highest BCUT2D eigenvalue weighted by Gasteiger charge is 2.33. The van der Waals surface area contributed by atoms with Gasteiger partial charge < -0.3 is 15.1 Å². The van der Waals surface area contributed by atoms with Crippen LogP contribution in [0.25, 0.3) is 0 Å². The summed E-state index contributed by atoms with van der Waals surface area (Å²) in [6.07, 6.45) is 7.23. The van der Waals surface area contributed by atoms with E-state index in [9.17, 15) is 9.59 Å². The minimum atomic E-state index is -0.116. The number of carbonyl (C=O) groups excluding carboxylic acids is 2. The van der Waals surface area contributed by atoms with Gasteiger partial charge in [-0.15, -0.1) is 0 Å². The number of nitrogens with zero attached hydrogens (tertiary/aromatic N) is 3. The van der Waals surface area contributed by atoms with Crippen LogP contribution in [0.15, 0.2) is 36.5 Å². The molecule has 1 aliphatic heterocycles. The van der Waals surface area contributed by atoms with Crippen molar-refractivity contribution in [2.75, 3.05) is 36.4 Å². The Bertz CT molecular complexity index is 956. The fourth-order valence-electron chi connectivity index (χ4n) is 4.29. The second-order valence-electron chi connectivity index (χ2n) is 8.77. The van der Waals surface area contributed by atoms with Crippen LogP contribution in [0.5, 0.6) is 0 Å². The van der Waals surface area contributed by atoms with E-state index in [-0.39, 0.29) is 11.8 Å². The highest BCUT2D eigenvalue weighted by molar-refractivity contribution is 5.95. The third-order valence-corrected chi connectivity index (χ3v) is 6.30. The second-order valence-corrected chi connectivity index (χ2v) is 8.77. The number of amides is 2. The van der Waals surface area contributed by atoms with Crippen LogP contribution in [0.4, 0.5) is 11.5 Å². The van der Waals surface area contributed by atoms with E-state index in [2.05, 4.69) is 22.5 Å². The predicted molar refractivity (Wildman–Crippen MR) is 117 cm³/mol. The lowest BCUT2D eigenvalue weighted by Gasteiger charge is -2.36. The average Bonchev–Trinajstić information content (AvgIpc) is 3.65. The van der Waals surface area contributed by atoms with Crippen LogP contribution < -0.4 is 10.2 Å². The van der Waals surface area contributed by atoms with E-state index in [1.165, 1.54) is 43.7 Å². The summed E-state index contributed by atoms with van der Waals surface area (Å²) in [6, 6.07) is 9.52. The molecule has 0 bridgehead atoms. The first kappa shape index (κ1) is 19.1. The molecule has 2 heterocycles. The van der Waals surface area contributed by atoms with Crippen molar-refractivity contribution in [2.24, 2.45) is 0 Å². The van der Waals surface area contributed by atoms with Gasteiger partial charge in [-0.2, -0.15) is 0 Å². The molecule has 1 aromatic carbocycles. The van der Waals surface area contributed by atoms with Gasteiger partial charge in [0.05, 0.1) is 0 Å². The lowest BCUT2D eigenvalue weighted by atomic mass is 10.1. The third kappa shape index (κ3) is 4.04. The summed E-state index contributed by atoms with van der Waals surface area (Å²) in [5.74, 6) is 2.47. The van der Waals surface area contributed by atoms with Crippen LogP contribution in [0.3, 0.4) is 0 Å². The zero-order valence-corrected chi connectivity index (χ0v) is 17.4. The average molecular weight is 405 g/mol. The van der Waals surface area contributed by atoms with Gasteiger partial charge in [-0.3, -0.25) is 9.59 Å². The van der Waals surface area contributed by atoms with Crippen LogP contribution in [-0.2, 0) is 4.79 Å². The van der Waals surface area contributed by atoms with Crippen molar-refractivity contribution in [3.63, 3.8) is 0 Å². The van der Waals surface area contributed by atoms with Crippen molar-refractivity contribution >= 4 is 23.3 Å². The number of hydrogen-bond acceptors (Lipinski definition) is 4. The summed E-state index contributed by atoms with van der Waals surface area (Å²) in [5, 5.41) is 2.73. The number of aromatic nitrogens is 1. The summed E-state index contributed by atoms with van der Waals surface area (Å²) in [4.78, 5) is 33.2. The van der Waals surface area contributed by atoms with E-state index in [1.807, 2.05) is 4.90 Å². The first-order chi connectivity index (χ1) is 14.6. The van der Waals surface area contributed by atoms with Gasteiger partial charge in [0, 0.05) is 50.6 Å². The molecule has 3 aliphatic rings. The van der Waals surface area contributed by atoms with Crippen molar-refractivity contribution in [3.8, 4) is 0 Å². The van der Waals surface area contributed by atoms with Gasteiger partial charge in [0.25, 0.3) is 5.91 Å². The molecule has 2 aromatic rings. The Morgan fingerprint density at radius 3 is 2.23 bits per heavy atom. The van der Waals surface area contributed by atoms with E-state index < -0.39 is 0 Å². The molecule has 3 fully saturated rings. The molecule has 6 nitrogen and oxygen atoms in total. The topological polar surface area (TPSA) is 65.5 Å². The fraction of sp³-hybridized carbons (Fsp3) is 0.458. The lowest BCUT2D eigenvalue weighted by molar-refractivity contribution is -0.114. The largest absolute Gasteiger partial charge is 0.353 e. The second kappa shape index (κ2) is 7.74. The normalized spacial score (nSPS) is 19.0. The maximum absolute atomic E-state index is 12.9. The quantitative estimate of drug-likeness (QED) is 0.824. The van der Waals surface area contributed by atoms with Crippen LogP contribution in [0.1, 0.15) is 65.9 Å². The highest BCUT2D eigenvalue weighted by Crippen LogP contribution is 2.47. The number of nitrogens with one attached hydrogen (secondary N) is 1. The molecule has 0 unspecified atom stereocenters. The van der Waals surface area contributed by atoms with Crippen molar-refractivity contribution in [3.05, 3.63) is 53.2 Å². The molecule has 1 aromatic heterocycles. The maximum Gasteiger partial charge on any atom is 0.253 e. The summed E-state index contributed by atoms with van der Waals surface area (Å²) < 4.78 is 0. The Hall–Kier alpha value is -2.89. The standard InChI is InChI=1S/C24H28N4O2/c1-16(29)26-21-8-6-19(7-9-21)24(30)28-12-10-27(11-13-28)23-22(18-4-5-18)14-20(15-25-23)17-2-3-17/h6-9,14-15,17-18H,2-5,10-13H2,1H3,(H,26,29). The number of benzene rings is 1. The lowest BCUT2D eigenvalue weighted by Crippen LogP contribution is -2.49. The summed E-state index contributed by atoms with van der Waals surface area (Å²) in [5.41, 5.74) is 4.20. The van der Waals surface area contributed by atoms with Crippen molar-refractivity contribution in [2.45, 2.75) is 44.4 Å². The van der Waals surface area contributed by atoms with Gasteiger partial charge in [-0.05, 0) is 72.9 Å². The molecule has 156 valence electrons. The fourth-order valence-corrected chi connectivity index (χ4v) is 4.29. The minimum Gasteiger partial charge on any atom is -0.353 e. The molecular weight excluding hydrogens is 376 g/mol. The monoisotopic (exact) mass is 404 g/mol. The molecule has 30 heavy (non-hydrogen) atoms. The Kier molecular flexibility index (Phi) is 4.93. The number of rotatable bonds is 5. The van der Waals surface area contributed by atoms with Crippen molar-refractivity contribution < 1.29 is 9.59 Å². The number of pyridine rings is 1. The number of anilines is 2. The Morgan fingerprint density at radius 2 is 1.63 bits per heavy atom. The smallest absolute Gasteiger partial charge is 0.253 e. The molecule has 0 radical (unpaired) electrons. The van der Waals surface area contributed by atoms with Crippen molar-refractivity contribution in [1.29, 1.82) is 0 Å². The molecule has 5 rings (SSSR count). The van der Waals surface area contributed by atoms with Gasteiger partial charge in [0.1, 0.15) is 5.82 Å². The van der Waals surface area contributed by atoms with Gasteiger partial charge >= 0.3 is 0 Å². The van der Waals surface area contributed by atoms with E-state index >= 15 is 0 Å². The summed E-state index contributed by atoms with van der Waals surface area (Å²) in [7, 11) is 0. The molecular formula is C24H28N4O2. The predicted octanol–water partition coefficient (Wildman–Crippen LogP) is 3.76. The first-order valence-corrected chi connectivity index (χ1v) is 11.0. The van der Waals surface area contributed by atoms with Crippen LogP contribution in [-0.4, -0.2) is 47.9 Å². The van der Waals surface area contributed by atoms with Gasteiger partial charge in [-0.25, -0.2) is 4.98 Å². The highest BCUT2D eigenvalue weighted by atomic mass is 16.2. The Balaban J connectivity index is 1.24. The van der Waals surface area contributed by atoms with Crippen LogP contribution in [0.2, 0.25) is 0 Å². The van der Waals surface area contributed by atoms with Crippen LogP contribution >= 0.6 is 0 Å². The van der Waals surface area contributed by atoms with E-state index in [4.69, 9.17) is 4.98 Å². The summed E-state index contributed by atoms with van der Waals surface area (Å²) in [6.45, 7) is 4.49. The molecule has 2 aliphatic carbocycles. The number of piperazine rings is 1. The molecule has 1 N–H and O–H groups in total. The van der Waals surface area contributed by atoms with Gasteiger partial charge in [0.15, 0.2) is 0 Å². The van der Waals surface area contributed by atoms with E-state index in [0.717, 1.165) is 24.8 Å². The molecule has 6 heteroatoms. The zero-order chi connectivity index (χ0) is 20.7. The van der Waals surface area contributed by atoms with E-state index in [1.54, 1.807) is 24.3 Å². The third-order valence-electron chi connectivity index (χ3n) is 6.30. The maximum atomic E-state index is 12.9. The SMILES string of the molecule is CC(=O)Nc1ccc(C(=O)N2CCN(c3ncc(C4CC4)cc3C3CC3)CC2)cc1. The molecule has 2 saturated carbocycles. The molecule has 2 amide bonds. The molecule has 0 spiro atoms. The van der Waals surface area contributed by atoms with Crippen molar-refractivity contribution in [1.82, 2.24) is 9.88 Å². The van der Waals surface area contributed by atoms with Gasteiger partial charge in [-0.1, -0.05) is 6.07 Å². The Morgan fingerprint density at radius 1 is 0.967 bits per heavy atom. The van der Waals surface area contributed by atoms with Gasteiger partial charge in [0.2, 0.25) is 5.91 Å². The van der Waals surface area contributed by atoms with Crippen LogP contribution in [0, 0.1) is 0 Å². The first-order valence-electron chi connectivity index (χ1n) is 11.0.